The molecule has 14 N–H and O–H groups in total. The van der Waals surface area contributed by atoms with Crippen molar-refractivity contribution in [1.82, 2.24) is 47.9 Å². The number of primary amides is 1. The SMILES string of the molecule is CC[C@H](C)[C@@H]1NC(=O)[C@H](CC(N)=O)NC(=O)[C@H](CCCCN)NC(=O)[C@H](Cc2ccccc2)NC(=O)C2CCC(NC(=O)[C@H](C)NC(=O)[C@H]([C@@H](C)O)NC(=O)[C@H](C(C)C)NC1=O)C(=O)N2. The molecule has 2 unspecified atom stereocenters. The maximum absolute atomic E-state index is 14.1. The van der Waals surface area contributed by atoms with Gasteiger partial charge in [0.15, 0.2) is 0 Å². The van der Waals surface area contributed by atoms with Crippen molar-refractivity contribution < 1.29 is 53.1 Å². The van der Waals surface area contributed by atoms with Crippen molar-refractivity contribution in [2.75, 3.05) is 6.54 Å². The molecule has 3 aliphatic heterocycles. The number of piperidine rings is 1. The molecule has 65 heavy (non-hydrogen) atoms. The minimum absolute atomic E-state index is 0.0120. The number of hydrogen-bond donors (Lipinski definition) is 12. The summed E-state index contributed by atoms with van der Waals surface area (Å²) >= 11 is 0. The molecule has 1 aromatic carbocycles. The van der Waals surface area contributed by atoms with Crippen molar-refractivity contribution in [3.63, 3.8) is 0 Å². The van der Waals surface area contributed by atoms with Crippen molar-refractivity contribution in [1.29, 1.82) is 0 Å². The highest BCUT2D eigenvalue weighted by Gasteiger charge is 2.39. The Morgan fingerprint density at radius 1 is 0.615 bits per heavy atom. The zero-order valence-corrected chi connectivity index (χ0v) is 37.9. The minimum atomic E-state index is -1.65. The van der Waals surface area contributed by atoms with E-state index in [4.69, 9.17) is 11.5 Å². The van der Waals surface area contributed by atoms with Gasteiger partial charge in [0.05, 0.1) is 12.5 Å². The lowest BCUT2D eigenvalue weighted by Gasteiger charge is -2.31. The zero-order chi connectivity index (χ0) is 48.5. The van der Waals surface area contributed by atoms with E-state index < -0.39 is 138 Å². The Morgan fingerprint density at radius 3 is 1.66 bits per heavy atom. The minimum Gasteiger partial charge on any atom is -0.391 e. The molecule has 1 aromatic rings. The Hall–Kier alpha value is -6.16. The second kappa shape index (κ2) is 25.4. The molecule has 360 valence electrons. The van der Waals surface area contributed by atoms with Crippen molar-refractivity contribution in [2.24, 2.45) is 23.3 Å². The summed E-state index contributed by atoms with van der Waals surface area (Å²) in [6.07, 6.45) is -1.10. The van der Waals surface area contributed by atoms with Crippen LogP contribution in [0.25, 0.3) is 0 Å². The Balaban J connectivity index is 2.09. The van der Waals surface area contributed by atoms with E-state index >= 15 is 0 Å². The fraction of sp³-hybridized carbons (Fsp3) is 0.628. The molecule has 0 aromatic heterocycles. The molecule has 10 amide bonds. The van der Waals surface area contributed by atoms with Gasteiger partial charge in [-0.25, -0.2) is 0 Å². The first-order chi connectivity index (χ1) is 30.7. The predicted molar refractivity (Wildman–Crippen MR) is 235 cm³/mol. The molecule has 0 radical (unpaired) electrons. The second-order valence-electron chi connectivity index (χ2n) is 17.1. The molecule has 22 nitrogen and oxygen atoms in total. The van der Waals surface area contributed by atoms with Crippen LogP contribution < -0.4 is 59.3 Å². The van der Waals surface area contributed by atoms with Gasteiger partial charge in [0.25, 0.3) is 0 Å². The predicted octanol–water partition coefficient (Wildman–Crippen LogP) is -3.49. The van der Waals surface area contributed by atoms with Gasteiger partial charge >= 0.3 is 0 Å². The van der Waals surface area contributed by atoms with Crippen LogP contribution >= 0.6 is 0 Å². The maximum atomic E-state index is 14.1. The summed E-state index contributed by atoms with van der Waals surface area (Å²) < 4.78 is 0. The smallest absolute Gasteiger partial charge is 0.245 e. The number of rotatable bonds is 12. The third-order valence-electron chi connectivity index (χ3n) is 11.4. The summed E-state index contributed by atoms with van der Waals surface area (Å²) in [4.78, 5) is 136. The van der Waals surface area contributed by atoms with Crippen LogP contribution in [0.4, 0.5) is 0 Å². The summed E-state index contributed by atoms with van der Waals surface area (Å²) in [6, 6.07) is -3.43. The van der Waals surface area contributed by atoms with Crippen LogP contribution in [-0.2, 0) is 54.4 Å². The summed E-state index contributed by atoms with van der Waals surface area (Å²) in [5.74, 6) is -9.76. The molecular weight excluding hydrogens is 847 g/mol. The van der Waals surface area contributed by atoms with Gasteiger partial charge in [0.2, 0.25) is 59.1 Å². The van der Waals surface area contributed by atoms with Gasteiger partial charge < -0.3 is 64.4 Å². The van der Waals surface area contributed by atoms with Crippen LogP contribution in [0.15, 0.2) is 30.3 Å². The van der Waals surface area contributed by atoms with E-state index in [2.05, 4.69) is 47.9 Å². The van der Waals surface area contributed by atoms with Crippen LogP contribution in [0.5, 0.6) is 0 Å². The third kappa shape index (κ3) is 16.1. The molecular formula is C43H67N11O11. The first-order valence-corrected chi connectivity index (χ1v) is 22.1. The van der Waals surface area contributed by atoms with E-state index in [1.54, 1.807) is 58.0 Å². The molecule has 3 saturated heterocycles. The molecule has 0 aliphatic carbocycles. The van der Waals surface area contributed by atoms with Gasteiger partial charge in [-0.2, -0.15) is 0 Å². The quantitative estimate of drug-likeness (QED) is 0.0719. The van der Waals surface area contributed by atoms with Gasteiger partial charge in [0.1, 0.15) is 54.4 Å². The first-order valence-electron chi connectivity index (χ1n) is 22.1. The third-order valence-corrected chi connectivity index (χ3v) is 11.4. The maximum Gasteiger partial charge on any atom is 0.245 e. The van der Waals surface area contributed by atoms with Crippen LogP contribution in [0.1, 0.15) is 92.1 Å². The molecule has 11 atom stereocenters. The Labute approximate surface area is 378 Å². The van der Waals surface area contributed by atoms with Crippen LogP contribution in [-0.4, -0.2) is 131 Å². The van der Waals surface area contributed by atoms with Gasteiger partial charge in [-0.15, -0.1) is 0 Å². The number of nitrogens with one attached hydrogen (secondary N) is 9. The molecule has 3 heterocycles. The average molecular weight is 914 g/mol. The lowest BCUT2D eigenvalue weighted by molar-refractivity contribution is -0.138. The highest BCUT2D eigenvalue weighted by atomic mass is 16.3. The van der Waals surface area contributed by atoms with Gasteiger partial charge in [-0.1, -0.05) is 64.4 Å². The average Bonchev–Trinajstić information content (AvgIpc) is 3.25. The van der Waals surface area contributed by atoms with E-state index in [9.17, 15) is 53.1 Å². The number of aliphatic hydroxyl groups excluding tert-OH is 1. The first kappa shape index (κ1) is 53.2. The van der Waals surface area contributed by atoms with E-state index in [1.807, 2.05) is 0 Å². The Bertz CT molecular complexity index is 1880. The van der Waals surface area contributed by atoms with Gasteiger partial charge in [0, 0.05) is 6.42 Å². The number of fused-ring (bicyclic) bond motifs is 24. The molecule has 3 fully saturated rings. The van der Waals surface area contributed by atoms with E-state index in [0.717, 1.165) is 0 Å². The highest BCUT2D eigenvalue weighted by Crippen LogP contribution is 2.15. The van der Waals surface area contributed by atoms with E-state index in [0.29, 0.717) is 24.8 Å². The largest absolute Gasteiger partial charge is 0.391 e. The number of nitrogens with two attached hydrogens (primary N) is 2. The van der Waals surface area contributed by atoms with E-state index in [-0.39, 0.29) is 32.2 Å². The number of aliphatic hydroxyl groups is 1. The lowest BCUT2D eigenvalue weighted by atomic mass is 9.95. The lowest BCUT2D eigenvalue weighted by Crippen LogP contribution is -2.63. The van der Waals surface area contributed by atoms with Gasteiger partial charge in [-0.3, -0.25) is 47.9 Å². The molecule has 0 saturated carbocycles. The van der Waals surface area contributed by atoms with Crippen molar-refractivity contribution in [3.05, 3.63) is 35.9 Å². The van der Waals surface area contributed by atoms with Crippen LogP contribution in [0, 0.1) is 11.8 Å². The number of amides is 10. The van der Waals surface area contributed by atoms with Crippen molar-refractivity contribution in [2.45, 2.75) is 153 Å². The van der Waals surface area contributed by atoms with E-state index in [1.165, 1.54) is 13.8 Å². The summed E-state index contributed by atoms with van der Waals surface area (Å²) in [5.41, 5.74) is 11.9. The Morgan fingerprint density at radius 2 is 1.11 bits per heavy atom. The molecule has 3 aliphatic rings. The monoisotopic (exact) mass is 914 g/mol. The molecule has 2 bridgehead atoms. The summed E-state index contributed by atoms with van der Waals surface area (Å²) in [7, 11) is 0. The topological polar surface area (TPSA) is 351 Å². The second-order valence-corrected chi connectivity index (χ2v) is 17.1. The van der Waals surface area contributed by atoms with Crippen molar-refractivity contribution >= 4 is 59.1 Å². The van der Waals surface area contributed by atoms with Crippen LogP contribution in [0.2, 0.25) is 0 Å². The van der Waals surface area contributed by atoms with Crippen LogP contribution in [0.3, 0.4) is 0 Å². The number of unbranched alkanes of at least 4 members (excludes halogenated alkanes) is 1. The highest BCUT2D eigenvalue weighted by molar-refractivity contribution is 6.00. The molecule has 0 spiro atoms. The number of hydrogen-bond acceptors (Lipinski definition) is 12. The van der Waals surface area contributed by atoms with Crippen molar-refractivity contribution in [3.8, 4) is 0 Å². The number of carbonyl (C=O) groups excluding carboxylic acids is 10. The summed E-state index contributed by atoms with van der Waals surface area (Å²) in [6.45, 7) is 9.40. The standard InChI is InChI=1S/C43H67N11O11/c1-7-22(4)33-42(64)52-32(21(2)3)41(63)54-34(24(6)55)43(65)46-23(5)35(57)47-27-16-17-28(49-37(27)59)38(60)50-29(19-25-13-9-8-10-14-25)39(61)48-26(15-11-12-18-44)36(58)51-30(20-31(45)56)40(62)53-33/h8-10,13-14,21-24,26-30,32-34,55H,7,11-12,15-20,44H2,1-6H3,(H2,45,56)(H,46,65)(H,47,57)(H,48,61)(H,49,59)(H,50,60)(H,51,58)(H,52,64)(H,53,62)(H,54,63)/t22-,23-,24+,26-,27?,28?,29-,30-,32-,33-,34-/m0/s1. The normalized spacial score (nSPS) is 28.1. The fourth-order valence-electron chi connectivity index (χ4n) is 7.24. The summed E-state index contributed by atoms with van der Waals surface area (Å²) in [5, 5.41) is 33.5. The molecule has 4 rings (SSSR count). The zero-order valence-electron chi connectivity index (χ0n) is 37.9. The molecule has 22 heteroatoms. The van der Waals surface area contributed by atoms with Gasteiger partial charge in [-0.05, 0) is 69.9 Å². The number of benzene rings is 1. The fourth-order valence-corrected chi connectivity index (χ4v) is 7.24. The Kier molecular flexibility index (Phi) is 20.7. The number of carbonyl (C=O) groups is 10.